The lowest BCUT2D eigenvalue weighted by Gasteiger charge is -2.25. The smallest absolute Gasteiger partial charge is 0.326 e. The van der Waals surface area contributed by atoms with E-state index < -0.39 is 72.6 Å². The fourth-order valence-corrected chi connectivity index (χ4v) is 3.37. The SMILES string of the molecule is CC(C)CC(NC(=O)C(Cc1ccccc1)NC(=O)C(CC(=O)O)NC(=O)C(N)CCC(=O)O)C(=O)O. The minimum Gasteiger partial charge on any atom is -0.481 e. The predicted octanol–water partition coefficient (Wildman–Crippen LogP) is -0.519. The van der Waals surface area contributed by atoms with Crippen molar-refractivity contribution in [2.24, 2.45) is 11.7 Å². The molecule has 0 saturated heterocycles. The molecule has 3 amide bonds. The summed E-state index contributed by atoms with van der Waals surface area (Å²) in [4.78, 5) is 72.0. The molecule has 13 heteroatoms. The summed E-state index contributed by atoms with van der Waals surface area (Å²) >= 11 is 0. The highest BCUT2D eigenvalue weighted by Gasteiger charge is 2.32. The second-order valence-corrected chi connectivity index (χ2v) is 8.98. The van der Waals surface area contributed by atoms with Crippen molar-refractivity contribution in [2.75, 3.05) is 0 Å². The van der Waals surface area contributed by atoms with Gasteiger partial charge < -0.3 is 37.0 Å². The topological polar surface area (TPSA) is 225 Å². The number of amides is 3. The molecule has 0 aliphatic rings. The largest absolute Gasteiger partial charge is 0.481 e. The van der Waals surface area contributed by atoms with Crippen molar-refractivity contribution in [1.29, 1.82) is 0 Å². The second kappa shape index (κ2) is 15.2. The Kier molecular flexibility index (Phi) is 12.7. The predicted molar refractivity (Wildman–Crippen MR) is 130 cm³/mol. The van der Waals surface area contributed by atoms with Gasteiger partial charge in [-0.1, -0.05) is 44.2 Å². The lowest BCUT2D eigenvalue weighted by Crippen LogP contribution is -2.58. The molecule has 37 heavy (non-hydrogen) atoms. The van der Waals surface area contributed by atoms with Gasteiger partial charge in [0.15, 0.2) is 0 Å². The summed E-state index contributed by atoms with van der Waals surface area (Å²) in [5, 5.41) is 34.4. The fraction of sp³-hybridized carbons (Fsp3) is 0.500. The zero-order valence-electron chi connectivity index (χ0n) is 20.7. The number of aliphatic carboxylic acids is 3. The number of carboxylic acid groups (broad SMARTS) is 3. The molecular formula is C24H34N4O9. The van der Waals surface area contributed by atoms with Crippen molar-refractivity contribution in [3.05, 3.63) is 35.9 Å². The first-order valence-corrected chi connectivity index (χ1v) is 11.7. The first kappa shape index (κ1) is 31.0. The molecule has 204 valence electrons. The van der Waals surface area contributed by atoms with E-state index in [4.69, 9.17) is 10.8 Å². The number of hydrogen-bond acceptors (Lipinski definition) is 7. The Labute approximate surface area is 213 Å². The first-order valence-electron chi connectivity index (χ1n) is 11.7. The van der Waals surface area contributed by atoms with Crippen molar-refractivity contribution >= 4 is 35.6 Å². The Balaban J connectivity index is 3.11. The molecule has 0 saturated carbocycles. The van der Waals surface area contributed by atoms with Gasteiger partial charge in [-0.05, 0) is 24.3 Å². The third-order valence-corrected chi connectivity index (χ3v) is 5.26. The maximum Gasteiger partial charge on any atom is 0.326 e. The van der Waals surface area contributed by atoms with Gasteiger partial charge in [0, 0.05) is 12.8 Å². The number of benzene rings is 1. The molecule has 13 nitrogen and oxygen atoms in total. The number of nitrogens with one attached hydrogen (secondary N) is 3. The number of hydrogen-bond donors (Lipinski definition) is 7. The van der Waals surface area contributed by atoms with E-state index >= 15 is 0 Å². The first-order chi connectivity index (χ1) is 17.3. The van der Waals surface area contributed by atoms with Crippen molar-refractivity contribution < 1.29 is 44.1 Å². The Bertz CT molecular complexity index is 968. The summed E-state index contributed by atoms with van der Waals surface area (Å²) in [5.41, 5.74) is 6.28. The van der Waals surface area contributed by atoms with Crippen LogP contribution in [-0.4, -0.2) is 75.1 Å². The van der Waals surface area contributed by atoms with E-state index in [0.29, 0.717) is 5.56 Å². The second-order valence-electron chi connectivity index (χ2n) is 8.98. The number of rotatable bonds is 16. The molecule has 0 aliphatic carbocycles. The Hall–Kier alpha value is -4.00. The van der Waals surface area contributed by atoms with E-state index in [1.807, 2.05) is 0 Å². The summed E-state index contributed by atoms with van der Waals surface area (Å²) in [6.45, 7) is 3.57. The van der Waals surface area contributed by atoms with E-state index in [1.54, 1.807) is 44.2 Å². The Morgan fingerprint density at radius 2 is 1.32 bits per heavy atom. The minimum atomic E-state index is -1.63. The Morgan fingerprint density at radius 3 is 1.84 bits per heavy atom. The molecule has 0 spiro atoms. The minimum absolute atomic E-state index is 0.0434. The zero-order valence-corrected chi connectivity index (χ0v) is 20.7. The van der Waals surface area contributed by atoms with Crippen molar-refractivity contribution in [1.82, 2.24) is 16.0 Å². The van der Waals surface area contributed by atoms with Gasteiger partial charge >= 0.3 is 17.9 Å². The van der Waals surface area contributed by atoms with Crippen molar-refractivity contribution in [3.63, 3.8) is 0 Å². The van der Waals surface area contributed by atoms with Crippen LogP contribution in [-0.2, 0) is 35.2 Å². The molecule has 0 bridgehead atoms. The monoisotopic (exact) mass is 522 g/mol. The van der Waals surface area contributed by atoms with E-state index in [2.05, 4.69) is 16.0 Å². The molecule has 0 aromatic heterocycles. The fourth-order valence-electron chi connectivity index (χ4n) is 3.37. The molecule has 0 radical (unpaired) electrons. The Morgan fingerprint density at radius 1 is 0.784 bits per heavy atom. The van der Waals surface area contributed by atoms with Gasteiger partial charge in [-0.25, -0.2) is 4.79 Å². The van der Waals surface area contributed by atoms with Crippen LogP contribution in [0.4, 0.5) is 0 Å². The van der Waals surface area contributed by atoms with Crippen LogP contribution in [0, 0.1) is 5.92 Å². The quantitative estimate of drug-likeness (QED) is 0.147. The molecule has 8 N–H and O–H groups in total. The third-order valence-electron chi connectivity index (χ3n) is 5.26. The molecule has 4 atom stereocenters. The molecule has 1 rings (SSSR count). The summed E-state index contributed by atoms with van der Waals surface area (Å²) < 4.78 is 0. The molecule has 0 aliphatic heterocycles. The molecule has 4 unspecified atom stereocenters. The molecule has 1 aromatic rings. The van der Waals surface area contributed by atoms with Crippen LogP contribution < -0.4 is 21.7 Å². The highest BCUT2D eigenvalue weighted by atomic mass is 16.4. The molecule has 0 fully saturated rings. The van der Waals surface area contributed by atoms with Crippen molar-refractivity contribution in [2.45, 2.75) is 70.1 Å². The standard InChI is InChI=1S/C24H34N4O9/c1-13(2)10-18(24(36)37)28-22(34)16(11-14-6-4-3-5-7-14)27-23(35)17(12-20(31)32)26-21(33)15(25)8-9-19(29)30/h3-7,13,15-18H,8-12,25H2,1-2H3,(H,26,33)(H,27,35)(H,28,34)(H,29,30)(H,31,32)(H,36,37). The average Bonchev–Trinajstić information content (AvgIpc) is 2.80. The van der Waals surface area contributed by atoms with Crippen LogP contribution in [0.3, 0.4) is 0 Å². The van der Waals surface area contributed by atoms with Gasteiger partial charge in [0.25, 0.3) is 0 Å². The molecule has 0 heterocycles. The third kappa shape index (κ3) is 12.0. The zero-order chi connectivity index (χ0) is 28.1. The highest BCUT2D eigenvalue weighted by molar-refractivity contribution is 5.95. The van der Waals surface area contributed by atoms with Crippen LogP contribution in [0.2, 0.25) is 0 Å². The van der Waals surface area contributed by atoms with Gasteiger partial charge in [0.05, 0.1) is 12.5 Å². The van der Waals surface area contributed by atoms with Crippen LogP contribution in [0.1, 0.15) is 45.1 Å². The van der Waals surface area contributed by atoms with Crippen LogP contribution in [0.15, 0.2) is 30.3 Å². The highest BCUT2D eigenvalue weighted by Crippen LogP contribution is 2.09. The van der Waals surface area contributed by atoms with E-state index in [1.165, 1.54) is 0 Å². The van der Waals surface area contributed by atoms with E-state index in [-0.39, 0.29) is 25.2 Å². The molecular weight excluding hydrogens is 488 g/mol. The van der Waals surface area contributed by atoms with E-state index in [9.17, 15) is 39.0 Å². The van der Waals surface area contributed by atoms with Gasteiger partial charge in [-0.3, -0.25) is 24.0 Å². The maximum absolute atomic E-state index is 13.0. The van der Waals surface area contributed by atoms with Gasteiger partial charge in [0.2, 0.25) is 17.7 Å². The summed E-state index contributed by atoms with van der Waals surface area (Å²) in [7, 11) is 0. The normalized spacial score (nSPS) is 14.1. The maximum atomic E-state index is 13.0. The van der Waals surface area contributed by atoms with Gasteiger partial charge in [0.1, 0.15) is 18.1 Å². The number of nitrogens with two attached hydrogens (primary N) is 1. The van der Waals surface area contributed by atoms with E-state index in [0.717, 1.165) is 0 Å². The average molecular weight is 523 g/mol. The number of carbonyl (C=O) groups excluding carboxylic acids is 3. The van der Waals surface area contributed by atoms with Gasteiger partial charge in [-0.15, -0.1) is 0 Å². The van der Waals surface area contributed by atoms with Crippen LogP contribution >= 0.6 is 0 Å². The summed E-state index contributed by atoms with van der Waals surface area (Å²) in [6, 6.07) is 3.08. The van der Waals surface area contributed by atoms with Gasteiger partial charge in [-0.2, -0.15) is 0 Å². The molecule has 1 aromatic carbocycles. The number of carboxylic acids is 3. The van der Waals surface area contributed by atoms with Crippen LogP contribution in [0.25, 0.3) is 0 Å². The summed E-state index contributed by atoms with van der Waals surface area (Å²) in [5.74, 6) is -6.66. The number of carbonyl (C=O) groups is 6. The van der Waals surface area contributed by atoms with Crippen molar-refractivity contribution in [3.8, 4) is 0 Å². The lowest BCUT2D eigenvalue weighted by atomic mass is 10.0. The van der Waals surface area contributed by atoms with Crippen LogP contribution in [0.5, 0.6) is 0 Å². The summed E-state index contributed by atoms with van der Waals surface area (Å²) in [6.07, 6.45) is -1.40. The lowest BCUT2D eigenvalue weighted by molar-refractivity contribution is -0.143.